The van der Waals surface area contributed by atoms with Gasteiger partial charge in [0, 0.05) is 18.1 Å². The number of nitrogens with zero attached hydrogens (tertiary/aromatic N) is 1. The molecule has 1 aromatic heterocycles. The molecule has 6 nitrogen and oxygen atoms in total. The molecule has 0 spiro atoms. The van der Waals surface area contributed by atoms with Crippen LogP contribution in [0.15, 0.2) is 23.6 Å². The monoisotopic (exact) mass is 357 g/mol. The van der Waals surface area contributed by atoms with Crippen LogP contribution in [-0.4, -0.2) is 37.8 Å². The molecule has 0 saturated heterocycles. The van der Waals surface area contributed by atoms with E-state index in [-0.39, 0.29) is 24.9 Å². The number of thiazole rings is 1. The highest BCUT2D eigenvalue weighted by Gasteiger charge is 2.16. The molecule has 1 atom stereocenters. The standard InChI is InChI=1S/C15H19N3O3S.ClH/c1-9-4-5-13(21-3)10(6-9)12-8-22-15(17-12)18-14(19)11(16)7-20-2;/h4-6,8,11H,7,16H2,1-3H3,(H,17,18,19);1H. The van der Waals surface area contributed by atoms with Gasteiger partial charge in [-0.25, -0.2) is 4.98 Å². The molecule has 0 radical (unpaired) electrons. The Kier molecular flexibility index (Phi) is 7.44. The fourth-order valence-corrected chi connectivity index (χ4v) is 2.64. The summed E-state index contributed by atoms with van der Waals surface area (Å²) in [5.74, 6) is 0.420. The topological polar surface area (TPSA) is 86.5 Å². The van der Waals surface area contributed by atoms with Crippen LogP contribution < -0.4 is 15.8 Å². The molecule has 0 saturated carbocycles. The lowest BCUT2D eigenvalue weighted by Crippen LogP contribution is -2.39. The van der Waals surface area contributed by atoms with Gasteiger partial charge in [0.1, 0.15) is 11.8 Å². The summed E-state index contributed by atoms with van der Waals surface area (Å²) < 4.78 is 10.2. The van der Waals surface area contributed by atoms with Crippen LogP contribution in [0.3, 0.4) is 0 Å². The minimum atomic E-state index is -0.717. The number of hydrogen-bond donors (Lipinski definition) is 2. The summed E-state index contributed by atoms with van der Waals surface area (Å²) in [4.78, 5) is 16.3. The molecular formula is C15H20ClN3O3S. The van der Waals surface area contributed by atoms with Crippen molar-refractivity contribution in [3.63, 3.8) is 0 Å². The maximum Gasteiger partial charge on any atom is 0.245 e. The van der Waals surface area contributed by atoms with Gasteiger partial charge in [-0.15, -0.1) is 23.7 Å². The zero-order valence-corrected chi connectivity index (χ0v) is 14.8. The van der Waals surface area contributed by atoms with Gasteiger partial charge < -0.3 is 20.5 Å². The zero-order chi connectivity index (χ0) is 16.1. The number of methoxy groups -OCH3 is 2. The minimum Gasteiger partial charge on any atom is -0.496 e. The van der Waals surface area contributed by atoms with Crippen LogP contribution in [0, 0.1) is 6.92 Å². The van der Waals surface area contributed by atoms with Gasteiger partial charge in [0.05, 0.1) is 19.4 Å². The molecule has 126 valence electrons. The highest BCUT2D eigenvalue weighted by atomic mass is 35.5. The predicted molar refractivity (Wildman–Crippen MR) is 94.6 cm³/mol. The second-order valence-electron chi connectivity index (χ2n) is 4.79. The summed E-state index contributed by atoms with van der Waals surface area (Å²) in [6.07, 6.45) is 0. The Morgan fingerprint density at radius 1 is 1.43 bits per heavy atom. The van der Waals surface area contributed by atoms with Crippen molar-refractivity contribution in [2.45, 2.75) is 13.0 Å². The summed E-state index contributed by atoms with van der Waals surface area (Å²) in [5.41, 5.74) is 8.43. The van der Waals surface area contributed by atoms with Crippen molar-refractivity contribution in [2.24, 2.45) is 5.73 Å². The molecule has 1 unspecified atom stereocenters. The van der Waals surface area contributed by atoms with Crippen LogP contribution in [-0.2, 0) is 9.53 Å². The van der Waals surface area contributed by atoms with E-state index in [1.54, 1.807) is 7.11 Å². The molecule has 0 aliphatic carbocycles. The number of rotatable bonds is 6. The number of ether oxygens (including phenoxy) is 2. The smallest absolute Gasteiger partial charge is 0.245 e. The number of carbonyl (C=O) groups excluding carboxylic acids is 1. The first-order valence-corrected chi connectivity index (χ1v) is 7.59. The Balaban J connectivity index is 0.00000264. The van der Waals surface area contributed by atoms with Gasteiger partial charge in [0.2, 0.25) is 5.91 Å². The quantitative estimate of drug-likeness (QED) is 0.829. The van der Waals surface area contributed by atoms with Crippen molar-refractivity contribution < 1.29 is 14.3 Å². The maximum absolute atomic E-state index is 11.9. The number of carbonyl (C=O) groups is 1. The average molecular weight is 358 g/mol. The molecule has 1 heterocycles. The average Bonchev–Trinajstić information content (AvgIpc) is 2.95. The number of benzene rings is 1. The first kappa shape index (κ1) is 19.4. The van der Waals surface area contributed by atoms with Crippen LogP contribution >= 0.6 is 23.7 Å². The second-order valence-corrected chi connectivity index (χ2v) is 5.65. The number of nitrogens with one attached hydrogen (secondary N) is 1. The number of halogens is 1. The molecule has 8 heteroatoms. The highest BCUT2D eigenvalue weighted by Crippen LogP contribution is 2.32. The molecule has 3 N–H and O–H groups in total. The van der Waals surface area contributed by atoms with Crippen LogP contribution in [0.2, 0.25) is 0 Å². The van der Waals surface area contributed by atoms with E-state index in [0.717, 1.165) is 22.6 Å². The summed E-state index contributed by atoms with van der Waals surface area (Å²) in [5, 5.41) is 5.06. The van der Waals surface area contributed by atoms with E-state index in [1.807, 2.05) is 30.5 Å². The van der Waals surface area contributed by atoms with Crippen LogP contribution in [0.1, 0.15) is 5.56 Å². The maximum atomic E-state index is 11.9. The van der Waals surface area contributed by atoms with E-state index >= 15 is 0 Å². The number of aryl methyl sites for hydroxylation is 1. The predicted octanol–water partition coefficient (Wildman–Crippen LogP) is 2.46. The molecule has 0 aliphatic heterocycles. The molecule has 2 aromatic rings. The lowest BCUT2D eigenvalue weighted by atomic mass is 10.1. The third kappa shape index (κ3) is 4.90. The van der Waals surface area contributed by atoms with Crippen molar-refractivity contribution in [2.75, 3.05) is 26.1 Å². The van der Waals surface area contributed by atoms with E-state index in [4.69, 9.17) is 15.2 Å². The number of amides is 1. The van der Waals surface area contributed by atoms with Gasteiger partial charge in [0.25, 0.3) is 0 Å². The summed E-state index contributed by atoms with van der Waals surface area (Å²) in [7, 11) is 3.12. The van der Waals surface area contributed by atoms with Gasteiger partial charge in [-0.1, -0.05) is 11.6 Å². The van der Waals surface area contributed by atoms with Crippen molar-refractivity contribution in [1.82, 2.24) is 4.98 Å². The molecule has 1 amide bonds. The van der Waals surface area contributed by atoms with Gasteiger partial charge in [0.15, 0.2) is 5.13 Å². The summed E-state index contributed by atoms with van der Waals surface area (Å²) >= 11 is 1.34. The Bertz CT molecular complexity index is 663. The lowest BCUT2D eigenvalue weighted by molar-refractivity contribution is -0.118. The summed E-state index contributed by atoms with van der Waals surface area (Å²) in [6.45, 7) is 2.16. The number of nitrogens with two attached hydrogens (primary N) is 1. The molecule has 2 rings (SSSR count). The SMILES string of the molecule is COCC(N)C(=O)Nc1nc(-c2cc(C)ccc2OC)cs1.Cl. The molecule has 0 aliphatic rings. The van der Waals surface area contributed by atoms with Gasteiger partial charge in [-0.05, 0) is 19.1 Å². The Morgan fingerprint density at radius 2 is 2.17 bits per heavy atom. The van der Waals surface area contributed by atoms with Crippen molar-refractivity contribution in [1.29, 1.82) is 0 Å². The van der Waals surface area contributed by atoms with Crippen LogP contribution in [0.4, 0.5) is 5.13 Å². The normalized spacial score (nSPS) is 11.5. The fraction of sp³-hybridized carbons (Fsp3) is 0.333. The number of anilines is 1. The Labute approximate surface area is 145 Å². The molecule has 1 aromatic carbocycles. The van der Waals surface area contributed by atoms with E-state index in [2.05, 4.69) is 10.3 Å². The van der Waals surface area contributed by atoms with Crippen molar-refractivity contribution in [3.05, 3.63) is 29.1 Å². The molecule has 0 bridgehead atoms. The molecule has 0 fully saturated rings. The highest BCUT2D eigenvalue weighted by molar-refractivity contribution is 7.14. The minimum absolute atomic E-state index is 0. The Hall–Kier alpha value is -1.67. The lowest BCUT2D eigenvalue weighted by Gasteiger charge is -2.09. The van der Waals surface area contributed by atoms with Crippen molar-refractivity contribution >= 4 is 34.8 Å². The van der Waals surface area contributed by atoms with E-state index in [9.17, 15) is 4.79 Å². The number of aromatic nitrogens is 1. The fourth-order valence-electron chi connectivity index (χ4n) is 1.93. The van der Waals surface area contributed by atoms with E-state index in [0.29, 0.717) is 5.13 Å². The number of hydrogen-bond acceptors (Lipinski definition) is 6. The molecular weight excluding hydrogens is 338 g/mol. The largest absolute Gasteiger partial charge is 0.496 e. The Morgan fingerprint density at radius 3 is 2.83 bits per heavy atom. The third-order valence-electron chi connectivity index (χ3n) is 3.05. The first-order valence-electron chi connectivity index (χ1n) is 6.71. The second kappa shape index (κ2) is 8.83. The van der Waals surface area contributed by atoms with E-state index in [1.165, 1.54) is 18.4 Å². The van der Waals surface area contributed by atoms with Gasteiger partial charge >= 0.3 is 0 Å². The summed E-state index contributed by atoms with van der Waals surface area (Å²) in [6, 6.07) is 5.15. The van der Waals surface area contributed by atoms with Crippen LogP contribution in [0.5, 0.6) is 5.75 Å². The van der Waals surface area contributed by atoms with E-state index < -0.39 is 6.04 Å². The zero-order valence-electron chi connectivity index (χ0n) is 13.2. The first-order chi connectivity index (χ1) is 10.5. The van der Waals surface area contributed by atoms with Gasteiger partial charge in [-0.3, -0.25) is 4.79 Å². The van der Waals surface area contributed by atoms with Crippen molar-refractivity contribution in [3.8, 4) is 17.0 Å². The third-order valence-corrected chi connectivity index (χ3v) is 3.81. The molecule has 23 heavy (non-hydrogen) atoms. The van der Waals surface area contributed by atoms with Crippen LogP contribution in [0.25, 0.3) is 11.3 Å². The van der Waals surface area contributed by atoms with Gasteiger partial charge in [-0.2, -0.15) is 0 Å².